The van der Waals surface area contributed by atoms with Crippen molar-refractivity contribution in [3.8, 4) is 0 Å². The fraction of sp³-hybridized carbons (Fsp3) is 0.125. The second-order valence-corrected chi connectivity index (χ2v) is 2.43. The van der Waals surface area contributed by atoms with E-state index in [-0.39, 0.29) is 0 Å². The Morgan fingerprint density at radius 1 is 1.36 bits per heavy atom. The van der Waals surface area contributed by atoms with Crippen LogP contribution in [0.2, 0.25) is 0 Å². The van der Waals surface area contributed by atoms with Gasteiger partial charge in [-0.15, -0.1) is 0 Å². The van der Waals surface area contributed by atoms with Crippen LogP contribution in [0, 0.1) is 17.5 Å². The molecule has 0 amide bonds. The minimum Gasteiger partial charge on any atom is -0.465 e. The molecule has 0 aromatic heterocycles. The number of esters is 1. The molecule has 0 saturated heterocycles. The van der Waals surface area contributed by atoms with Crippen molar-refractivity contribution in [3.05, 3.63) is 29.1 Å². The maximum atomic E-state index is 13.1. The number of methoxy groups -OCH3 is 1. The van der Waals surface area contributed by atoms with Crippen LogP contribution in [-0.2, 0) is 4.74 Å². The zero-order chi connectivity index (χ0) is 10.9. The van der Waals surface area contributed by atoms with Gasteiger partial charge in [-0.1, -0.05) is 0 Å². The predicted octanol–water partition coefficient (Wildman–Crippen LogP) is 1.47. The summed E-state index contributed by atoms with van der Waals surface area (Å²) in [6.07, 6.45) is 0. The number of carbonyl (C=O) groups excluding carboxylic acids is 1. The molecule has 0 radical (unpaired) electrons. The summed E-state index contributed by atoms with van der Waals surface area (Å²) in [6.45, 7) is 0. The fourth-order valence-electron chi connectivity index (χ4n) is 0.895. The van der Waals surface area contributed by atoms with E-state index in [4.69, 9.17) is 5.73 Å². The van der Waals surface area contributed by atoms with E-state index in [0.717, 1.165) is 7.11 Å². The Kier molecular flexibility index (Phi) is 2.64. The molecule has 0 aliphatic rings. The minimum atomic E-state index is -1.45. The van der Waals surface area contributed by atoms with Gasteiger partial charge in [0.25, 0.3) is 0 Å². The van der Waals surface area contributed by atoms with Gasteiger partial charge in [0.05, 0.1) is 7.11 Å². The molecular formula is C8H6F3NO2. The van der Waals surface area contributed by atoms with Gasteiger partial charge in [-0.25, -0.2) is 18.0 Å². The average Bonchev–Trinajstić information content (AvgIpc) is 2.14. The number of anilines is 1. The number of carbonyl (C=O) groups is 1. The predicted molar refractivity (Wildman–Crippen MR) is 42.1 cm³/mol. The summed E-state index contributed by atoms with van der Waals surface area (Å²) in [5.41, 5.74) is 3.02. The highest BCUT2D eigenvalue weighted by molar-refractivity contribution is 5.91. The highest BCUT2D eigenvalue weighted by Crippen LogP contribution is 2.22. The molecule has 0 spiro atoms. The van der Waals surface area contributed by atoms with E-state index in [1.165, 1.54) is 0 Å². The molecule has 0 fully saturated rings. The quantitative estimate of drug-likeness (QED) is 0.558. The van der Waals surface area contributed by atoms with Crippen LogP contribution in [0.3, 0.4) is 0 Å². The summed E-state index contributed by atoms with van der Waals surface area (Å²) in [5, 5.41) is 0. The lowest BCUT2D eigenvalue weighted by molar-refractivity contribution is 0.0590. The second kappa shape index (κ2) is 3.57. The standard InChI is InChI=1S/C8H6F3NO2/c1-14-8(13)5-3(9)2-4(10)7(12)6(5)11/h2H,12H2,1H3. The molecule has 3 nitrogen and oxygen atoms in total. The van der Waals surface area contributed by atoms with Gasteiger partial charge in [0.1, 0.15) is 17.1 Å². The second-order valence-electron chi connectivity index (χ2n) is 2.43. The molecule has 6 heteroatoms. The summed E-state index contributed by atoms with van der Waals surface area (Å²) < 4.78 is 42.7. The van der Waals surface area contributed by atoms with Gasteiger partial charge in [-0.05, 0) is 0 Å². The van der Waals surface area contributed by atoms with E-state index >= 15 is 0 Å². The topological polar surface area (TPSA) is 52.3 Å². The number of nitrogens with two attached hydrogens (primary N) is 1. The molecule has 1 aromatic carbocycles. The third-order valence-electron chi connectivity index (χ3n) is 1.60. The lowest BCUT2D eigenvalue weighted by Crippen LogP contribution is -2.11. The Bertz CT molecular complexity index is 393. The van der Waals surface area contributed by atoms with Crippen LogP contribution < -0.4 is 5.73 Å². The van der Waals surface area contributed by atoms with Crippen molar-refractivity contribution in [3.63, 3.8) is 0 Å². The van der Waals surface area contributed by atoms with E-state index in [1.54, 1.807) is 0 Å². The number of nitrogen functional groups attached to an aromatic ring is 1. The largest absolute Gasteiger partial charge is 0.465 e. The Morgan fingerprint density at radius 3 is 2.43 bits per heavy atom. The van der Waals surface area contributed by atoms with Crippen molar-refractivity contribution >= 4 is 11.7 Å². The molecule has 14 heavy (non-hydrogen) atoms. The van der Waals surface area contributed by atoms with Gasteiger partial charge < -0.3 is 10.5 Å². The molecule has 0 atom stereocenters. The third kappa shape index (κ3) is 1.50. The van der Waals surface area contributed by atoms with Crippen LogP contribution in [-0.4, -0.2) is 13.1 Å². The summed E-state index contributed by atoms with van der Waals surface area (Å²) >= 11 is 0. The molecule has 0 heterocycles. The summed E-state index contributed by atoms with van der Waals surface area (Å²) in [7, 11) is 0.945. The Balaban J connectivity index is 3.44. The van der Waals surface area contributed by atoms with Crippen LogP contribution in [0.1, 0.15) is 10.4 Å². The van der Waals surface area contributed by atoms with Crippen LogP contribution in [0.25, 0.3) is 0 Å². The van der Waals surface area contributed by atoms with Crippen LogP contribution in [0.5, 0.6) is 0 Å². The van der Waals surface area contributed by atoms with Gasteiger partial charge >= 0.3 is 5.97 Å². The first kappa shape index (κ1) is 10.4. The molecule has 1 rings (SSSR count). The van der Waals surface area contributed by atoms with Gasteiger partial charge in [-0.2, -0.15) is 0 Å². The molecular weight excluding hydrogens is 199 g/mol. The van der Waals surface area contributed by atoms with Gasteiger partial charge in [0.15, 0.2) is 11.6 Å². The van der Waals surface area contributed by atoms with Crippen molar-refractivity contribution in [1.82, 2.24) is 0 Å². The monoisotopic (exact) mass is 205 g/mol. The lowest BCUT2D eigenvalue weighted by atomic mass is 10.1. The normalized spacial score (nSPS) is 10.0. The van der Waals surface area contributed by atoms with Crippen molar-refractivity contribution in [1.29, 1.82) is 0 Å². The number of benzene rings is 1. The first-order valence-corrected chi connectivity index (χ1v) is 3.50. The smallest absolute Gasteiger partial charge is 0.343 e. The summed E-state index contributed by atoms with van der Waals surface area (Å²) in [6, 6.07) is 0.324. The minimum absolute atomic E-state index is 0.324. The molecule has 76 valence electrons. The molecule has 2 N–H and O–H groups in total. The van der Waals surface area contributed by atoms with E-state index in [9.17, 15) is 18.0 Å². The Morgan fingerprint density at radius 2 is 1.93 bits per heavy atom. The van der Waals surface area contributed by atoms with Gasteiger partial charge in [0, 0.05) is 6.07 Å². The van der Waals surface area contributed by atoms with E-state index in [0.29, 0.717) is 6.07 Å². The molecule has 0 bridgehead atoms. The van der Waals surface area contributed by atoms with Crippen molar-refractivity contribution in [2.45, 2.75) is 0 Å². The number of hydrogen-bond donors (Lipinski definition) is 1. The van der Waals surface area contributed by atoms with Crippen molar-refractivity contribution in [2.24, 2.45) is 0 Å². The number of rotatable bonds is 1. The zero-order valence-electron chi connectivity index (χ0n) is 7.11. The summed E-state index contributed by atoms with van der Waals surface area (Å²) in [4.78, 5) is 10.8. The Labute approximate surface area is 77.3 Å². The third-order valence-corrected chi connectivity index (χ3v) is 1.60. The SMILES string of the molecule is COC(=O)c1c(F)cc(F)c(N)c1F. The molecule has 0 aliphatic carbocycles. The zero-order valence-corrected chi connectivity index (χ0v) is 7.11. The van der Waals surface area contributed by atoms with Crippen LogP contribution >= 0.6 is 0 Å². The van der Waals surface area contributed by atoms with Gasteiger partial charge in [-0.3, -0.25) is 0 Å². The van der Waals surface area contributed by atoms with Gasteiger partial charge in [0.2, 0.25) is 0 Å². The molecule has 1 aromatic rings. The highest BCUT2D eigenvalue weighted by atomic mass is 19.1. The molecule has 0 aliphatic heterocycles. The maximum Gasteiger partial charge on any atom is 0.343 e. The number of ether oxygens (including phenoxy) is 1. The van der Waals surface area contributed by atoms with Crippen molar-refractivity contribution < 1.29 is 22.7 Å². The number of halogens is 3. The van der Waals surface area contributed by atoms with Crippen LogP contribution in [0.4, 0.5) is 18.9 Å². The van der Waals surface area contributed by atoms with E-state index < -0.39 is 34.7 Å². The lowest BCUT2D eigenvalue weighted by Gasteiger charge is -2.05. The van der Waals surface area contributed by atoms with Crippen molar-refractivity contribution in [2.75, 3.05) is 12.8 Å². The number of hydrogen-bond acceptors (Lipinski definition) is 3. The van der Waals surface area contributed by atoms with E-state index in [2.05, 4.69) is 4.74 Å². The molecule has 0 saturated carbocycles. The van der Waals surface area contributed by atoms with E-state index in [1.807, 2.05) is 0 Å². The first-order chi connectivity index (χ1) is 6.49. The Hall–Kier alpha value is -1.72. The highest BCUT2D eigenvalue weighted by Gasteiger charge is 2.22. The summed E-state index contributed by atoms with van der Waals surface area (Å²) in [5.74, 6) is -5.30. The molecule has 0 unspecified atom stereocenters. The average molecular weight is 205 g/mol. The van der Waals surface area contributed by atoms with Crippen LogP contribution in [0.15, 0.2) is 6.07 Å². The fourth-order valence-corrected chi connectivity index (χ4v) is 0.895. The maximum absolute atomic E-state index is 13.1. The first-order valence-electron chi connectivity index (χ1n) is 3.50.